The molecule has 1 N–H and O–H groups in total. The number of aromatic nitrogens is 1. The van der Waals surface area contributed by atoms with Crippen LogP contribution >= 0.6 is 11.6 Å². The van der Waals surface area contributed by atoms with Crippen molar-refractivity contribution in [3.63, 3.8) is 0 Å². The van der Waals surface area contributed by atoms with Crippen LogP contribution < -0.4 is 10.7 Å². The van der Waals surface area contributed by atoms with E-state index in [2.05, 4.69) is 12.2 Å². The summed E-state index contributed by atoms with van der Waals surface area (Å²) in [4.78, 5) is 12.1. The third-order valence-electron chi connectivity index (χ3n) is 3.43. The molecule has 0 saturated carbocycles. The van der Waals surface area contributed by atoms with Gasteiger partial charge in [-0.15, -0.1) is 0 Å². The summed E-state index contributed by atoms with van der Waals surface area (Å²) in [6, 6.07) is 9.31. The summed E-state index contributed by atoms with van der Waals surface area (Å²) in [6.45, 7) is 5.61. The molecule has 0 aliphatic heterocycles. The molecule has 4 heteroatoms. The number of hydrogen-bond acceptors (Lipinski definition) is 2. The second kappa shape index (κ2) is 7.43. The van der Waals surface area contributed by atoms with Gasteiger partial charge in [0.05, 0.1) is 0 Å². The van der Waals surface area contributed by atoms with E-state index in [1.807, 2.05) is 42.0 Å². The molecule has 1 heterocycles. The van der Waals surface area contributed by atoms with Crippen LogP contribution in [0.1, 0.15) is 31.0 Å². The lowest BCUT2D eigenvalue weighted by Crippen LogP contribution is -2.22. The molecule has 2 rings (SSSR count). The Hall–Kier alpha value is -1.58. The minimum atomic E-state index is 0.0785. The fraction of sp³-hybridized carbons (Fsp3) is 0.353. The lowest BCUT2D eigenvalue weighted by Gasteiger charge is -2.13. The van der Waals surface area contributed by atoms with Crippen molar-refractivity contribution in [1.82, 2.24) is 9.88 Å². The number of halogens is 1. The first-order chi connectivity index (χ1) is 10.1. The smallest absolute Gasteiger partial charge is 0.186 e. The molecule has 3 nitrogen and oxygen atoms in total. The first-order valence-corrected chi connectivity index (χ1v) is 7.68. The average Bonchev–Trinajstić information content (AvgIpc) is 2.45. The molecule has 0 fully saturated rings. The number of benzene rings is 1. The van der Waals surface area contributed by atoms with Crippen molar-refractivity contribution in [2.45, 2.75) is 33.2 Å². The Morgan fingerprint density at radius 3 is 2.81 bits per heavy atom. The van der Waals surface area contributed by atoms with Crippen molar-refractivity contribution in [3.05, 3.63) is 63.0 Å². The van der Waals surface area contributed by atoms with Gasteiger partial charge in [-0.3, -0.25) is 4.79 Å². The van der Waals surface area contributed by atoms with E-state index in [0.717, 1.165) is 36.3 Å². The topological polar surface area (TPSA) is 34.0 Å². The van der Waals surface area contributed by atoms with Crippen LogP contribution in [0.25, 0.3) is 5.69 Å². The van der Waals surface area contributed by atoms with Gasteiger partial charge in [0.15, 0.2) is 5.43 Å². The second-order valence-electron chi connectivity index (χ2n) is 5.18. The van der Waals surface area contributed by atoms with Crippen molar-refractivity contribution >= 4 is 11.6 Å². The molecule has 2 aromatic rings. The summed E-state index contributed by atoms with van der Waals surface area (Å²) in [5.74, 6) is 0. The third-order valence-corrected chi connectivity index (χ3v) is 3.67. The molecule has 0 radical (unpaired) electrons. The second-order valence-corrected chi connectivity index (χ2v) is 5.62. The maximum atomic E-state index is 12.1. The van der Waals surface area contributed by atoms with E-state index >= 15 is 0 Å². The molecule has 21 heavy (non-hydrogen) atoms. The highest BCUT2D eigenvalue weighted by molar-refractivity contribution is 6.30. The Kier molecular flexibility index (Phi) is 5.59. The molecule has 0 bridgehead atoms. The van der Waals surface area contributed by atoms with Crippen LogP contribution in [0, 0.1) is 6.92 Å². The van der Waals surface area contributed by atoms with Crippen LogP contribution in [0.5, 0.6) is 0 Å². The van der Waals surface area contributed by atoms with Gasteiger partial charge >= 0.3 is 0 Å². The van der Waals surface area contributed by atoms with Crippen LogP contribution in [-0.4, -0.2) is 11.1 Å². The Bertz CT molecular complexity index is 664. The SMILES string of the molecule is CCCCNCc1cn(-c2cccc(Cl)c2)c(C)cc1=O. The van der Waals surface area contributed by atoms with E-state index in [9.17, 15) is 4.79 Å². The number of rotatable bonds is 6. The number of unbranched alkanes of at least 4 members (excludes halogenated alkanes) is 1. The highest BCUT2D eigenvalue weighted by atomic mass is 35.5. The van der Waals surface area contributed by atoms with E-state index < -0.39 is 0 Å². The first-order valence-electron chi connectivity index (χ1n) is 7.30. The van der Waals surface area contributed by atoms with E-state index in [4.69, 9.17) is 11.6 Å². The fourth-order valence-corrected chi connectivity index (χ4v) is 2.42. The van der Waals surface area contributed by atoms with Crippen molar-refractivity contribution in [3.8, 4) is 5.69 Å². The molecular weight excluding hydrogens is 284 g/mol. The number of pyridine rings is 1. The summed E-state index contributed by atoms with van der Waals surface area (Å²) < 4.78 is 2.00. The van der Waals surface area contributed by atoms with Gasteiger partial charge in [-0.05, 0) is 38.1 Å². The van der Waals surface area contributed by atoms with Gasteiger partial charge in [0, 0.05) is 40.8 Å². The Morgan fingerprint density at radius 1 is 1.29 bits per heavy atom. The lowest BCUT2D eigenvalue weighted by atomic mass is 10.2. The van der Waals surface area contributed by atoms with Crippen molar-refractivity contribution in [1.29, 1.82) is 0 Å². The van der Waals surface area contributed by atoms with Gasteiger partial charge in [-0.25, -0.2) is 0 Å². The van der Waals surface area contributed by atoms with Gasteiger partial charge in [0.2, 0.25) is 0 Å². The molecule has 0 amide bonds. The van der Waals surface area contributed by atoms with E-state index in [1.54, 1.807) is 6.07 Å². The molecule has 0 aliphatic rings. The van der Waals surface area contributed by atoms with Crippen LogP contribution in [0.3, 0.4) is 0 Å². The van der Waals surface area contributed by atoms with Gasteiger partial charge in [-0.2, -0.15) is 0 Å². The fourth-order valence-electron chi connectivity index (χ4n) is 2.23. The summed E-state index contributed by atoms with van der Waals surface area (Å²) in [7, 11) is 0. The quantitative estimate of drug-likeness (QED) is 0.826. The monoisotopic (exact) mass is 304 g/mol. The average molecular weight is 305 g/mol. The van der Waals surface area contributed by atoms with Crippen molar-refractivity contribution < 1.29 is 0 Å². The molecule has 1 aromatic heterocycles. The molecule has 1 aromatic carbocycles. The zero-order valence-electron chi connectivity index (χ0n) is 12.5. The number of nitrogens with one attached hydrogen (secondary N) is 1. The number of aryl methyl sites for hydroxylation is 1. The van der Waals surface area contributed by atoms with Crippen LogP contribution in [0.4, 0.5) is 0 Å². The normalized spacial score (nSPS) is 10.8. The number of nitrogens with zero attached hydrogens (tertiary/aromatic N) is 1. The maximum absolute atomic E-state index is 12.1. The standard InChI is InChI=1S/C17H21ClN2O/c1-3-4-8-19-11-14-12-20(13(2)9-17(14)21)16-7-5-6-15(18)10-16/h5-7,9-10,12,19H,3-4,8,11H2,1-2H3. The zero-order chi connectivity index (χ0) is 15.2. The molecule has 112 valence electrons. The number of hydrogen-bond donors (Lipinski definition) is 1. The molecular formula is C17H21ClN2O. The summed E-state index contributed by atoms with van der Waals surface area (Å²) in [5, 5.41) is 4.00. The first kappa shape index (κ1) is 15.8. The van der Waals surface area contributed by atoms with E-state index in [0.29, 0.717) is 11.6 Å². The Labute approximate surface area is 130 Å². The molecule has 0 aliphatic carbocycles. The predicted octanol–water partition coefficient (Wildman–Crippen LogP) is 3.69. The van der Waals surface area contributed by atoms with Gasteiger partial charge in [-0.1, -0.05) is 31.0 Å². The largest absolute Gasteiger partial charge is 0.321 e. The van der Waals surface area contributed by atoms with E-state index in [-0.39, 0.29) is 5.43 Å². The molecule has 0 saturated heterocycles. The predicted molar refractivity (Wildman–Crippen MR) is 88.4 cm³/mol. The van der Waals surface area contributed by atoms with E-state index in [1.165, 1.54) is 0 Å². The van der Waals surface area contributed by atoms with Gasteiger partial charge < -0.3 is 9.88 Å². The molecule has 0 unspecified atom stereocenters. The van der Waals surface area contributed by atoms with Gasteiger partial charge in [0.1, 0.15) is 0 Å². The third kappa shape index (κ3) is 4.19. The zero-order valence-corrected chi connectivity index (χ0v) is 13.3. The Morgan fingerprint density at radius 2 is 2.10 bits per heavy atom. The Balaban J connectivity index is 2.28. The van der Waals surface area contributed by atoms with Crippen molar-refractivity contribution in [2.24, 2.45) is 0 Å². The maximum Gasteiger partial charge on any atom is 0.186 e. The summed E-state index contributed by atoms with van der Waals surface area (Å²) in [6.07, 6.45) is 4.17. The molecule has 0 spiro atoms. The summed E-state index contributed by atoms with van der Waals surface area (Å²) in [5.41, 5.74) is 2.72. The molecule has 0 atom stereocenters. The van der Waals surface area contributed by atoms with Crippen LogP contribution in [-0.2, 0) is 6.54 Å². The minimum absolute atomic E-state index is 0.0785. The minimum Gasteiger partial charge on any atom is -0.321 e. The summed E-state index contributed by atoms with van der Waals surface area (Å²) >= 11 is 6.05. The highest BCUT2D eigenvalue weighted by Crippen LogP contribution is 2.16. The van der Waals surface area contributed by atoms with Gasteiger partial charge in [0.25, 0.3) is 0 Å². The highest BCUT2D eigenvalue weighted by Gasteiger charge is 2.06. The lowest BCUT2D eigenvalue weighted by molar-refractivity contribution is 0.637. The van der Waals surface area contributed by atoms with Crippen LogP contribution in [0.2, 0.25) is 5.02 Å². The van der Waals surface area contributed by atoms with Crippen LogP contribution in [0.15, 0.2) is 41.3 Å². The van der Waals surface area contributed by atoms with Crippen molar-refractivity contribution in [2.75, 3.05) is 6.54 Å².